The third kappa shape index (κ3) is 2.89. The average Bonchev–Trinajstić information content (AvgIpc) is 2.45. The Morgan fingerprint density at radius 2 is 1.90 bits per heavy atom. The van der Waals surface area contributed by atoms with Crippen LogP contribution in [0.4, 0.5) is 5.69 Å². The van der Waals surface area contributed by atoms with Crippen molar-refractivity contribution in [2.75, 3.05) is 7.11 Å². The van der Waals surface area contributed by atoms with Gasteiger partial charge in [0.05, 0.1) is 24.1 Å². The zero-order valence-corrected chi connectivity index (χ0v) is 12.0. The molecule has 2 aromatic rings. The molecule has 0 aliphatic heterocycles. The summed E-state index contributed by atoms with van der Waals surface area (Å²) >= 11 is 0. The van der Waals surface area contributed by atoms with E-state index in [0.29, 0.717) is 22.5 Å². The fraction of sp³-hybridized carbons (Fsp3) is 0.200. The molecule has 0 saturated heterocycles. The van der Waals surface area contributed by atoms with Gasteiger partial charge in [-0.05, 0) is 43.7 Å². The maximum atomic E-state index is 11.4. The number of nitrogens with zero attached hydrogens (tertiary/aromatic N) is 2. The molecule has 0 aliphatic rings. The Hall–Kier alpha value is -2.76. The molecule has 2 rings (SSSR count). The largest absolute Gasteiger partial charge is 0.497 e. The number of aromatic hydroxyl groups is 1. The normalized spacial score (nSPS) is 11.5. The maximum absolute atomic E-state index is 11.4. The molecule has 2 N–H and O–H groups in total. The Labute approximate surface area is 121 Å². The predicted octanol–water partition coefficient (Wildman–Crippen LogP) is 2.25. The fourth-order valence-corrected chi connectivity index (χ4v) is 2.06. The minimum absolute atomic E-state index is 0.204. The van der Waals surface area contributed by atoms with Crippen LogP contribution in [0.15, 0.2) is 40.1 Å². The smallest absolute Gasteiger partial charge is 0.286 e. The Kier molecular flexibility index (Phi) is 3.98. The number of methoxy groups -OCH3 is 1. The van der Waals surface area contributed by atoms with Gasteiger partial charge in [0.15, 0.2) is 0 Å². The van der Waals surface area contributed by atoms with Gasteiger partial charge in [0, 0.05) is 6.07 Å². The van der Waals surface area contributed by atoms with Crippen molar-refractivity contribution in [2.24, 2.45) is 4.99 Å². The molecule has 0 saturated carbocycles. The van der Waals surface area contributed by atoms with Gasteiger partial charge in [0.25, 0.3) is 5.56 Å². The van der Waals surface area contributed by atoms with E-state index in [1.165, 1.54) is 6.07 Å². The van der Waals surface area contributed by atoms with Crippen LogP contribution in [0.2, 0.25) is 0 Å². The highest BCUT2D eigenvalue weighted by atomic mass is 16.5. The van der Waals surface area contributed by atoms with Crippen LogP contribution in [-0.2, 0) is 0 Å². The quantitative estimate of drug-likeness (QED) is 0.670. The van der Waals surface area contributed by atoms with Gasteiger partial charge < -0.3 is 15.1 Å². The molecule has 0 atom stereocenters. The number of rotatable bonds is 3. The predicted molar refractivity (Wildman–Crippen MR) is 79.2 cm³/mol. The zero-order valence-electron chi connectivity index (χ0n) is 12.0. The third-order valence-electron chi connectivity index (χ3n) is 3.10. The number of benzene rings is 1. The molecule has 0 fully saturated rings. The Balaban J connectivity index is 2.48. The Morgan fingerprint density at radius 1 is 1.29 bits per heavy atom. The van der Waals surface area contributed by atoms with Gasteiger partial charge >= 0.3 is 0 Å². The third-order valence-corrected chi connectivity index (χ3v) is 3.10. The number of ether oxygens (including phenoxy) is 1. The first-order valence-electron chi connectivity index (χ1n) is 6.28. The van der Waals surface area contributed by atoms with Crippen LogP contribution in [0.5, 0.6) is 11.6 Å². The van der Waals surface area contributed by atoms with Crippen LogP contribution in [0.1, 0.15) is 18.1 Å². The van der Waals surface area contributed by atoms with Gasteiger partial charge in [0.2, 0.25) is 5.88 Å². The van der Waals surface area contributed by atoms with Crippen molar-refractivity contribution in [2.45, 2.75) is 13.8 Å². The standard InChI is InChI=1S/C15H16N2O4/c1-9-8-13(18)17(20)15(19)14(9)10(2)16-11-4-6-12(21-3)7-5-11/h4-8,19-20H,1-3H3. The summed E-state index contributed by atoms with van der Waals surface area (Å²) in [4.78, 5) is 15.7. The van der Waals surface area contributed by atoms with Gasteiger partial charge in [-0.25, -0.2) is 0 Å². The highest BCUT2D eigenvalue weighted by Gasteiger charge is 2.14. The van der Waals surface area contributed by atoms with Crippen molar-refractivity contribution in [1.82, 2.24) is 4.73 Å². The van der Waals surface area contributed by atoms with E-state index >= 15 is 0 Å². The van der Waals surface area contributed by atoms with Crippen LogP contribution >= 0.6 is 0 Å². The lowest BCUT2D eigenvalue weighted by Crippen LogP contribution is -2.20. The SMILES string of the molecule is COc1ccc(N=C(C)c2c(C)cc(=O)n(O)c2O)cc1. The summed E-state index contributed by atoms with van der Waals surface area (Å²) in [7, 11) is 1.58. The first kappa shape index (κ1) is 14.6. The van der Waals surface area contributed by atoms with Crippen molar-refractivity contribution >= 4 is 11.4 Å². The molecule has 21 heavy (non-hydrogen) atoms. The number of aryl methyl sites for hydroxylation is 1. The minimum atomic E-state index is -0.689. The first-order chi connectivity index (χ1) is 9.93. The Morgan fingerprint density at radius 3 is 2.48 bits per heavy atom. The maximum Gasteiger partial charge on any atom is 0.286 e. The molecule has 1 aromatic heterocycles. The molecular weight excluding hydrogens is 272 g/mol. The lowest BCUT2D eigenvalue weighted by molar-refractivity contribution is 0.143. The van der Waals surface area contributed by atoms with E-state index in [4.69, 9.17) is 4.74 Å². The van der Waals surface area contributed by atoms with Crippen LogP contribution in [-0.4, -0.2) is 27.9 Å². The van der Waals surface area contributed by atoms with Gasteiger partial charge in [-0.2, -0.15) is 0 Å². The van der Waals surface area contributed by atoms with Crippen molar-refractivity contribution in [1.29, 1.82) is 0 Å². The number of hydrogen-bond donors (Lipinski definition) is 2. The summed E-state index contributed by atoms with van der Waals surface area (Å²) in [5, 5.41) is 19.4. The molecule has 0 bridgehead atoms. The van der Waals surface area contributed by atoms with Gasteiger partial charge in [-0.1, -0.05) is 0 Å². The summed E-state index contributed by atoms with van der Waals surface area (Å²) in [5.41, 5.74) is 1.33. The van der Waals surface area contributed by atoms with Crippen molar-refractivity contribution in [3.05, 3.63) is 51.8 Å². The summed E-state index contributed by atoms with van der Waals surface area (Å²) in [6.07, 6.45) is 0. The van der Waals surface area contributed by atoms with Crippen LogP contribution in [0, 0.1) is 6.92 Å². The summed E-state index contributed by atoms with van der Waals surface area (Å²) in [6.45, 7) is 3.36. The van der Waals surface area contributed by atoms with Gasteiger partial charge in [-0.15, -0.1) is 4.73 Å². The number of aromatic nitrogens is 1. The summed E-state index contributed by atoms with van der Waals surface area (Å²) < 4.78 is 5.27. The average molecular weight is 288 g/mol. The minimum Gasteiger partial charge on any atom is -0.497 e. The van der Waals surface area contributed by atoms with Crippen LogP contribution < -0.4 is 10.3 Å². The molecule has 0 spiro atoms. The van der Waals surface area contributed by atoms with Crippen LogP contribution in [0.25, 0.3) is 0 Å². The van der Waals surface area contributed by atoms with E-state index in [9.17, 15) is 15.1 Å². The summed E-state index contributed by atoms with van der Waals surface area (Å²) in [6, 6.07) is 8.31. The molecule has 6 nitrogen and oxygen atoms in total. The lowest BCUT2D eigenvalue weighted by Gasteiger charge is -2.10. The molecule has 0 radical (unpaired) electrons. The van der Waals surface area contributed by atoms with E-state index in [1.807, 2.05) is 0 Å². The fourth-order valence-electron chi connectivity index (χ4n) is 2.06. The molecule has 1 aromatic carbocycles. The first-order valence-corrected chi connectivity index (χ1v) is 6.28. The van der Waals surface area contributed by atoms with Gasteiger partial charge in [-0.3, -0.25) is 9.79 Å². The molecule has 1 heterocycles. The Bertz CT molecular complexity index is 746. The number of aliphatic imine (C=N–C) groups is 1. The highest BCUT2D eigenvalue weighted by molar-refractivity contribution is 6.03. The molecule has 6 heteroatoms. The van der Waals surface area contributed by atoms with Gasteiger partial charge in [0.1, 0.15) is 5.75 Å². The molecule has 0 amide bonds. The second kappa shape index (κ2) is 5.70. The number of pyridine rings is 1. The van der Waals surface area contributed by atoms with Crippen molar-refractivity contribution in [3.8, 4) is 11.6 Å². The van der Waals surface area contributed by atoms with E-state index in [2.05, 4.69) is 4.99 Å². The second-order valence-corrected chi connectivity index (χ2v) is 4.57. The molecule has 0 unspecified atom stereocenters. The molecule has 0 aliphatic carbocycles. The summed E-state index contributed by atoms with van der Waals surface area (Å²) in [5.74, 6) is 0.198. The zero-order chi connectivity index (χ0) is 15.6. The monoisotopic (exact) mass is 288 g/mol. The van der Waals surface area contributed by atoms with Crippen molar-refractivity contribution < 1.29 is 15.1 Å². The highest BCUT2D eigenvalue weighted by Crippen LogP contribution is 2.23. The van der Waals surface area contributed by atoms with E-state index in [1.54, 1.807) is 45.2 Å². The topological polar surface area (TPSA) is 84.0 Å². The lowest BCUT2D eigenvalue weighted by atomic mass is 10.1. The molecule has 110 valence electrons. The van der Waals surface area contributed by atoms with Crippen molar-refractivity contribution in [3.63, 3.8) is 0 Å². The molecular formula is C15H16N2O4. The number of hydrogen-bond acceptors (Lipinski definition) is 5. The second-order valence-electron chi connectivity index (χ2n) is 4.57. The van der Waals surface area contributed by atoms with E-state index in [-0.39, 0.29) is 4.73 Å². The van der Waals surface area contributed by atoms with E-state index < -0.39 is 11.4 Å². The van der Waals surface area contributed by atoms with E-state index in [0.717, 1.165) is 5.75 Å². The van der Waals surface area contributed by atoms with Crippen LogP contribution in [0.3, 0.4) is 0 Å².